The van der Waals surface area contributed by atoms with E-state index < -0.39 is 35.9 Å². The fourth-order valence-corrected chi connectivity index (χ4v) is 11.8. The minimum Gasteiger partial charge on any atom is -0.447 e. The van der Waals surface area contributed by atoms with Crippen LogP contribution in [0.1, 0.15) is 256 Å². The number of carbonyl (C=O) groups excluding carboxylic acids is 9. The number of hydrogen-bond acceptors (Lipinski definition) is 22. The molecular formula is C84H135N13O15. The number of benzene rings is 2. The molecule has 0 spiro atoms. The maximum atomic E-state index is 12.9. The van der Waals surface area contributed by atoms with Gasteiger partial charge in [-0.05, 0) is 185 Å². The highest BCUT2D eigenvalue weighted by atomic mass is 16.6. The molecular weight excluding hydrogens is 1430 g/mol. The number of anilines is 2. The number of urea groups is 1. The average molecular weight is 1570 g/mol. The van der Waals surface area contributed by atoms with Gasteiger partial charge in [0.2, 0.25) is 23.5 Å². The van der Waals surface area contributed by atoms with Crippen LogP contribution in [0.25, 0.3) is 22.6 Å². The largest absolute Gasteiger partial charge is 0.447 e. The molecule has 0 radical (unpaired) electrons. The zero-order chi connectivity index (χ0) is 84.9. The summed E-state index contributed by atoms with van der Waals surface area (Å²) in [6, 6.07) is 13.8. The second kappa shape index (κ2) is 49.1. The highest BCUT2D eigenvalue weighted by Crippen LogP contribution is 2.34. The molecule has 6 atom stereocenters. The molecule has 7 rings (SSSR count). The first-order chi connectivity index (χ1) is 52.3. The van der Waals surface area contributed by atoms with E-state index in [1.165, 1.54) is 37.7 Å². The molecule has 6 amide bonds. The van der Waals surface area contributed by atoms with E-state index in [9.17, 15) is 63.6 Å². The molecule has 2 aromatic heterocycles. The lowest BCUT2D eigenvalue weighted by molar-refractivity contribution is -0.133. The molecule has 112 heavy (non-hydrogen) atoms. The van der Waals surface area contributed by atoms with E-state index >= 15 is 0 Å². The predicted molar refractivity (Wildman–Crippen MR) is 437 cm³/mol. The van der Waals surface area contributed by atoms with Crippen LogP contribution in [0.5, 0.6) is 0 Å². The highest BCUT2D eigenvalue weighted by Gasteiger charge is 2.35. The van der Waals surface area contributed by atoms with Crippen molar-refractivity contribution in [2.75, 3.05) is 78.2 Å². The van der Waals surface area contributed by atoms with Gasteiger partial charge in [-0.15, -0.1) is 25.5 Å². The molecule has 0 bridgehead atoms. The molecule has 1 saturated heterocycles. The molecule has 3 aliphatic rings. The summed E-state index contributed by atoms with van der Waals surface area (Å²) in [5.41, 5.74) is 5.00. The van der Waals surface area contributed by atoms with Gasteiger partial charge in [-0.2, -0.15) is 5.10 Å². The standard InChI is InChI=1S/C33H50N8O7.C24H31N3O4.C12H24O2.C8H14O.C5H10N2O.C2H6/c1-21(42)12-11-13-26(43)34-24-16-14-23(15-17-24)29-38-36-28(37-39-29)22(2)48-31(46)41(10)19-18-40(9)30(45)47-20-25(35-33(6,7)8)27(44)32(3,4)5;1-15(28)5-3-8-22(31)25-18-11-9-17(10-12-18)24-20-7-4-6-19(30)13-14-21(20)23(16(2)29)26-27-24;1-11(2,3)7-9(8-13)10(14)12(4,5)6;9-8-6-4-2-1-3-5-7-8;1-6-3-4-7(2)5(6)8;1-2/h14-17,22,25,35H,11-13,18-20H2,1-10H3,(H,34,43);9-12,16,19,29-30H,3-8,13-14H2,1-2H3,(H,25,31);9,13H,7-8H2,1-6H3;1-2,8-9H,3-7H2;3-4H2,1-2H3;1-2H3/b;;;2-1+;;/t22?,25-;;9-;;;/m1.1.../s1. The van der Waals surface area contributed by atoms with Crippen molar-refractivity contribution in [3.8, 4) is 22.6 Å². The molecule has 1 aliphatic heterocycles. The summed E-state index contributed by atoms with van der Waals surface area (Å²) in [5.74, 6) is 0.0641. The summed E-state index contributed by atoms with van der Waals surface area (Å²) in [6.45, 7) is 35.4. The van der Waals surface area contributed by atoms with Gasteiger partial charge in [-0.25, -0.2) is 14.4 Å². The van der Waals surface area contributed by atoms with Crippen molar-refractivity contribution in [1.29, 1.82) is 0 Å². The zero-order valence-corrected chi connectivity index (χ0v) is 71.3. The van der Waals surface area contributed by atoms with E-state index in [-0.39, 0.29) is 120 Å². The smallest absolute Gasteiger partial charge is 0.410 e. The number of allylic oxidation sites excluding steroid dienone is 2. The van der Waals surface area contributed by atoms with E-state index in [1.54, 1.807) is 47.9 Å². The normalized spacial score (nSPS) is 16.3. The number of likely N-dealkylation sites (N-methyl/N-ethyl adjacent to an activating group) is 4. The van der Waals surface area contributed by atoms with Crippen LogP contribution in [0.4, 0.5) is 25.8 Å². The highest BCUT2D eigenvalue weighted by molar-refractivity contribution is 5.92. The van der Waals surface area contributed by atoms with Gasteiger partial charge in [0.05, 0.1) is 36.3 Å². The minimum absolute atomic E-state index is 0.0325. The molecule has 3 heterocycles. The number of carbonyl (C=O) groups is 9. The van der Waals surface area contributed by atoms with Gasteiger partial charge in [0.25, 0.3) is 0 Å². The summed E-state index contributed by atoms with van der Waals surface area (Å²) < 4.78 is 10.9. The van der Waals surface area contributed by atoms with Crippen molar-refractivity contribution >= 4 is 64.5 Å². The summed E-state index contributed by atoms with van der Waals surface area (Å²) in [7, 11) is 6.69. The molecule has 4 aromatic rings. The number of ketones is 4. The average Bonchev–Trinajstić information content (AvgIpc) is 0.877. The van der Waals surface area contributed by atoms with E-state index in [2.05, 4.69) is 79.5 Å². The van der Waals surface area contributed by atoms with Crippen LogP contribution in [0.2, 0.25) is 0 Å². The van der Waals surface area contributed by atoms with Gasteiger partial charge in [0.15, 0.2) is 11.9 Å². The Morgan fingerprint density at radius 1 is 0.598 bits per heavy atom. The Hall–Kier alpha value is -8.57. The van der Waals surface area contributed by atoms with Crippen LogP contribution in [0, 0.1) is 22.2 Å². The molecule has 28 heteroatoms. The van der Waals surface area contributed by atoms with Crippen LogP contribution < -0.4 is 16.0 Å². The van der Waals surface area contributed by atoms with Gasteiger partial charge >= 0.3 is 18.2 Å². The second-order valence-corrected chi connectivity index (χ2v) is 33.1. The fourth-order valence-electron chi connectivity index (χ4n) is 11.8. The zero-order valence-electron chi connectivity index (χ0n) is 71.3. The molecule has 0 saturated carbocycles. The Bertz CT molecular complexity index is 3590. The van der Waals surface area contributed by atoms with Crippen molar-refractivity contribution in [2.45, 2.75) is 270 Å². The molecule has 1 fully saturated rings. The van der Waals surface area contributed by atoms with Crippen LogP contribution in [-0.4, -0.2) is 215 Å². The van der Waals surface area contributed by atoms with Crippen LogP contribution in [-0.2, 0) is 51.1 Å². The molecule has 28 nitrogen and oxygen atoms in total. The monoisotopic (exact) mass is 1570 g/mol. The van der Waals surface area contributed by atoms with E-state index in [1.807, 2.05) is 115 Å². The number of nitrogens with zero attached hydrogens (tertiary/aromatic N) is 10. The number of aliphatic hydroxyl groups excluding tert-OH is 4. The number of aromatic nitrogens is 6. The number of Topliss-reactive ketones (excluding diaryl/α,β-unsaturated/α-hetero) is 4. The lowest BCUT2D eigenvalue weighted by Crippen LogP contribution is -2.53. The molecule has 7 N–H and O–H groups in total. The summed E-state index contributed by atoms with van der Waals surface area (Å²) in [4.78, 5) is 113. The Labute approximate surface area is 666 Å². The summed E-state index contributed by atoms with van der Waals surface area (Å²) >= 11 is 0. The lowest BCUT2D eigenvalue weighted by Gasteiger charge is -2.31. The predicted octanol–water partition coefficient (Wildman–Crippen LogP) is 13.2. The topological polar surface area (TPSA) is 379 Å². The third-order valence-electron chi connectivity index (χ3n) is 18.0. The van der Waals surface area contributed by atoms with E-state index in [0.717, 1.165) is 93.3 Å². The Morgan fingerprint density at radius 2 is 1.08 bits per heavy atom. The second-order valence-electron chi connectivity index (χ2n) is 33.1. The maximum Gasteiger partial charge on any atom is 0.410 e. The number of nitrogens with one attached hydrogen (secondary N) is 3. The van der Waals surface area contributed by atoms with E-state index in [4.69, 9.17) is 9.47 Å². The number of hydrogen-bond donors (Lipinski definition) is 7. The van der Waals surface area contributed by atoms with Gasteiger partial charge in [0.1, 0.15) is 30.0 Å². The van der Waals surface area contributed by atoms with E-state index in [0.29, 0.717) is 67.6 Å². The first kappa shape index (κ1) is 99.5. The van der Waals surface area contributed by atoms with Gasteiger partial charge < -0.3 is 69.7 Å². The van der Waals surface area contributed by atoms with Crippen molar-refractivity contribution in [2.24, 2.45) is 22.2 Å². The number of ether oxygens (including phenoxy) is 2. The summed E-state index contributed by atoms with van der Waals surface area (Å²) in [5, 5.41) is 72.5. The fraction of sp³-hybridized carbons (Fsp3) is 0.655. The molecule has 4 unspecified atom stereocenters. The third kappa shape index (κ3) is 38.8. The van der Waals surface area contributed by atoms with Crippen molar-refractivity contribution in [3.63, 3.8) is 0 Å². The molecule has 2 aromatic carbocycles. The van der Waals surface area contributed by atoms with Crippen LogP contribution in [0.15, 0.2) is 60.7 Å². The quantitative estimate of drug-likeness (QED) is 0.0303. The molecule has 626 valence electrons. The van der Waals surface area contributed by atoms with Gasteiger partial charge in [0, 0.05) is 125 Å². The number of aliphatic hydroxyl groups is 4. The Kier molecular flexibility index (Phi) is 43.7. The maximum absolute atomic E-state index is 12.9. The number of rotatable bonds is 25. The number of fused-ring (bicyclic) bond motifs is 1. The Morgan fingerprint density at radius 3 is 1.54 bits per heavy atom. The Balaban J connectivity index is 0.000000557. The SMILES string of the molecule is CC.CC(=O)CCCC(=O)Nc1ccc(-c2nnc(C(C)O)c3c2CCCC(O)CC3)cc1.CC(=O)CCCC(=O)Nc1ccc(-c2nnc(C(C)OC(=O)N(C)CCN(C)C(=O)OC[C@@H](NC(C)(C)C)C(=O)C(C)(C)C)nn2)cc1.CC(C)(C)C[C@H](CO)C(=O)C(C)(C)C.CN1CCN(C)C1=O.OC1CC/C=C/CCC1. The van der Waals surface area contributed by atoms with Crippen molar-refractivity contribution in [1.82, 2.24) is 55.5 Å². The minimum atomic E-state index is -0.857. The number of amides is 6. The third-order valence-corrected chi connectivity index (χ3v) is 18.0. The lowest BCUT2D eigenvalue weighted by atomic mass is 9.76. The van der Waals surface area contributed by atoms with Crippen molar-refractivity contribution in [3.05, 3.63) is 83.3 Å². The van der Waals surface area contributed by atoms with Crippen molar-refractivity contribution < 1.29 is 73.1 Å². The first-order valence-corrected chi connectivity index (χ1v) is 39.5. The van der Waals surface area contributed by atoms with Gasteiger partial charge in [-0.3, -0.25) is 24.5 Å². The van der Waals surface area contributed by atoms with Gasteiger partial charge in [-0.1, -0.05) is 100 Å². The van der Waals surface area contributed by atoms with Crippen LogP contribution in [0.3, 0.4) is 0 Å². The first-order valence-electron chi connectivity index (χ1n) is 39.5. The molecule has 2 aliphatic carbocycles. The van der Waals surface area contributed by atoms with Crippen LogP contribution >= 0.6 is 0 Å². The summed E-state index contributed by atoms with van der Waals surface area (Å²) in [6.07, 6.45) is 13.3.